The van der Waals surface area contributed by atoms with Gasteiger partial charge in [-0.15, -0.1) is 0 Å². The number of benzene rings is 2. The first-order chi connectivity index (χ1) is 11.0. The third kappa shape index (κ3) is 4.33. The van der Waals surface area contributed by atoms with Gasteiger partial charge in [-0.1, -0.05) is 49.4 Å². The van der Waals surface area contributed by atoms with Gasteiger partial charge in [-0.25, -0.2) is 0 Å². The molecule has 2 aromatic carbocycles. The molecule has 0 fully saturated rings. The van der Waals surface area contributed by atoms with Gasteiger partial charge in [0.15, 0.2) is 0 Å². The van der Waals surface area contributed by atoms with Gasteiger partial charge in [-0.3, -0.25) is 10.1 Å². The minimum absolute atomic E-state index is 0.0844. The summed E-state index contributed by atoms with van der Waals surface area (Å²) in [4.78, 5) is 11.8. The van der Waals surface area contributed by atoms with E-state index in [1.54, 1.807) is 7.11 Å². The fourth-order valence-electron chi connectivity index (χ4n) is 2.59. The molecule has 0 spiro atoms. The molecule has 0 unspecified atom stereocenters. The lowest BCUT2D eigenvalue weighted by Gasteiger charge is -2.26. The van der Waals surface area contributed by atoms with E-state index in [9.17, 15) is 4.79 Å². The molecule has 2 rings (SSSR count). The van der Waals surface area contributed by atoms with Crippen molar-refractivity contribution < 1.29 is 9.53 Å². The molecule has 122 valence electrons. The Balaban J connectivity index is 2.11. The molecule has 3 N–H and O–H groups in total. The Morgan fingerprint density at radius 2 is 1.61 bits per heavy atom. The van der Waals surface area contributed by atoms with Gasteiger partial charge in [0.2, 0.25) is 5.91 Å². The number of rotatable bonds is 7. The Hall–Kier alpha value is -2.33. The molecule has 2 aromatic rings. The maximum absolute atomic E-state index is 11.8. The third-order valence-electron chi connectivity index (χ3n) is 4.24. The van der Waals surface area contributed by atoms with Crippen LogP contribution in [0.4, 0.5) is 0 Å². The summed E-state index contributed by atoms with van der Waals surface area (Å²) in [6.45, 7) is 4.19. The molecule has 0 aromatic heterocycles. The molecule has 0 heterocycles. The van der Waals surface area contributed by atoms with Crippen LogP contribution in [0, 0.1) is 0 Å². The normalized spacial score (nSPS) is 14.7. The topological polar surface area (TPSA) is 64.3 Å². The fraction of sp³-hybridized carbons (Fsp3) is 0.316. The highest BCUT2D eigenvalue weighted by molar-refractivity contribution is 5.81. The molecule has 23 heavy (non-hydrogen) atoms. The van der Waals surface area contributed by atoms with E-state index >= 15 is 0 Å². The summed E-state index contributed by atoms with van der Waals surface area (Å²) in [5.41, 5.74) is 7.64. The molecule has 4 heteroatoms. The van der Waals surface area contributed by atoms with E-state index in [1.165, 1.54) is 5.56 Å². The standard InChI is InChI=1S/C19H24N2O2/c1-13(15-9-11-17(23-3)12-10-15)14(2)21-18(19(20)22)16-7-5-4-6-8-16/h4-14,18,21H,1-3H3,(H2,20,22)/t13-,14+,18-/m1/s1. The second-order valence-corrected chi connectivity index (χ2v) is 5.76. The van der Waals surface area contributed by atoms with Crippen molar-refractivity contribution in [3.63, 3.8) is 0 Å². The number of methoxy groups -OCH3 is 1. The summed E-state index contributed by atoms with van der Waals surface area (Å²) in [6, 6.07) is 17.1. The van der Waals surface area contributed by atoms with Crippen LogP contribution >= 0.6 is 0 Å². The molecule has 0 aliphatic rings. The quantitative estimate of drug-likeness (QED) is 0.826. The highest BCUT2D eigenvalue weighted by Gasteiger charge is 2.23. The lowest BCUT2D eigenvalue weighted by Crippen LogP contribution is -2.40. The Kier molecular flexibility index (Phi) is 5.77. The summed E-state index contributed by atoms with van der Waals surface area (Å²) >= 11 is 0. The Labute approximate surface area is 137 Å². The molecule has 0 bridgehead atoms. The molecule has 1 amide bonds. The van der Waals surface area contributed by atoms with Crippen molar-refractivity contribution in [2.45, 2.75) is 31.8 Å². The first-order valence-corrected chi connectivity index (χ1v) is 7.77. The molecule has 0 saturated carbocycles. The van der Waals surface area contributed by atoms with Crippen molar-refractivity contribution >= 4 is 5.91 Å². The van der Waals surface area contributed by atoms with Gasteiger partial charge in [0.05, 0.1) is 7.11 Å². The molecule has 0 radical (unpaired) electrons. The number of ether oxygens (including phenoxy) is 1. The minimum Gasteiger partial charge on any atom is -0.497 e. The zero-order valence-electron chi connectivity index (χ0n) is 13.8. The lowest BCUT2D eigenvalue weighted by molar-refractivity contribution is -0.120. The van der Waals surface area contributed by atoms with Gasteiger partial charge in [-0.2, -0.15) is 0 Å². The largest absolute Gasteiger partial charge is 0.497 e. The Bertz CT molecular complexity index is 626. The summed E-state index contributed by atoms with van der Waals surface area (Å²) in [7, 11) is 1.65. The highest BCUT2D eigenvalue weighted by Crippen LogP contribution is 2.24. The molecular formula is C19H24N2O2. The lowest BCUT2D eigenvalue weighted by atomic mass is 9.93. The zero-order valence-corrected chi connectivity index (χ0v) is 13.8. The molecule has 4 nitrogen and oxygen atoms in total. The summed E-state index contributed by atoms with van der Waals surface area (Å²) in [5.74, 6) is 0.692. The predicted molar refractivity (Wildman–Crippen MR) is 92.4 cm³/mol. The van der Waals surface area contributed by atoms with Crippen LogP contribution < -0.4 is 15.8 Å². The highest BCUT2D eigenvalue weighted by atomic mass is 16.5. The first kappa shape index (κ1) is 17.0. The minimum atomic E-state index is -0.494. The van der Waals surface area contributed by atoms with E-state index in [0.29, 0.717) is 0 Å². The zero-order chi connectivity index (χ0) is 16.8. The van der Waals surface area contributed by atoms with Crippen molar-refractivity contribution in [1.29, 1.82) is 0 Å². The molecular weight excluding hydrogens is 288 g/mol. The number of amides is 1. The smallest absolute Gasteiger partial charge is 0.239 e. The fourth-order valence-corrected chi connectivity index (χ4v) is 2.59. The van der Waals surface area contributed by atoms with Crippen LogP contribution in [-0.2, 0) is 4.79 Å². The third-order valence-corrected chi connectivity index (χ3v) is 4.24. The number of nitrogens with two attached hydrogens (primary N) is 1. The van der Waals surface area contributed by atoms with Crippen LogP contribution in [0.3, 0.4) is 0 Å². The van der Waals surface area contributed by atoms with Gasteiger partial charge in [0.1, 0.15) is 11.8 Å². The first-order valence-electron chi connectivity index (χ1n) is 7.77. The molecule has 0 aliphatic heterocycles. The maximum Gasteiger partial charge on any atom is 0.239 e. The van der Waals surface area contributed by atoms with Crippen LogP contribution in [0.15, 0.2) is 54.6 Å². The van der Waals surface area contributed by atoms with Gasteiger partial charge in [0.25, 0.3) is 0 Å². The molecule has 0 aliphatic carbocycles. The van der Waals surface area contributed by atoms with Gasteiger partial charge in [0, 0.05) is 6.04 Å². The average Bonchev–Trinajstić information content (AvgIpc) is 2.59. The van der Waals surface area contributed by atoms with E-state index in [1.807, 2.05) is 54.6 Å². The van der Waals surface area contributed by atoms with E-state index in [-0.39, 0.29) is 17.9 Å². The average molecular weight is 312 g/mol. The number of nitrogens with one attached hydrogen (secondary N) is 1. The maximum atomic E-state index is 11.8. The van der Waals surface area contributed by atoms with Gasteiger partial charge in [-0.05, 0) is 36.1 Å². The van der Waals surface area contributed by atoms with Crippen molar-refractivity contribution in [1.82, 2.24) is 5.32 Å². The van der Waals surface area contributed by atoms with Crippen LogP contribution in [0.5, 0.6) is 5.75 Å². The summed E-state index contributed by atoms with van der Waals surface area (Å²) in [6.07, 6.45) is 0. The second-order valence-electron chi connectivity index (χ2n) is 5.76. The van der Waals surface area contributed by atoms with Crippen molar-refractivity contribution in [2.24, 2.45) is 5.73 Å². The Morgan fingerprint density at radius 1 is 1.00 bits per heavy atom. The van der Waals surface area contributed by atoms with E-state index < -0.39 is 6.04 Å². The number of primary amides is 1. The number of carbonyl (C=O) groups excluding carboxylic acids is 1. The van der Waals surface area contributed by atoms with Gasteiger partial charge >= 0.3 is 0 Å². The van der Waals surface area contributed by atoms with E-state index in [2.05, 4.69) is 19.2 Å². The van der Waals surface area contributed by atoms with Gasteiger partial charge < -0.3 is 10.5 Å². The monoisotopic (exact) mass is 312 g/mol. The number of hydrogen-bond donors (Lipinski definition) is 2. The molecule has 3 atom stereocenters. The number of hydrogen-bond acceptors (Lipinski definition) is 3. The van der Waals surface area contributed by atoms with Crippen LogP contribution in [0.2, 0.25) is 0 Å². The predicted octanol–water partition coefficient (Wildman–Crippen LogP) is 3.00. The van der Waals surface area contributed by atoms with Crippen molar-refractivity contribution in [2.75, 3.05) is 7.11 Å². The SMILES string of the molecule is COc1ccc([C@H](C)[C@H](C)N[C@@H](C(N)=O)c2ccccc2)cc1. The van der Waals surface area contributed by atoms with Crippen LogP contribution in [-0.4, -0.2) is 19.1 Å². The van der Waals surface area contributed by atoms with Crippen molar-refractivity contribution in [3.8, 4) is 5.75 Å². The Morgan fingerprint density at radius 3 is 2.13 bits per heavy atom. The number of carbonyl (C=O) groups is 1. The van der Waals surface area contributed by atoms with Crippen molar-refractivity contribution in [3.05, 3.63) is 65.7 Å². The van der Waals surface area contributed by atoms with Crippen LogP contribution in [0.1, 0.15) is 36.9 Å². The molecule has 0 saturated heterocycles. The van der Waals surface area contributed by atoms with E-state index in [4.69, 9.17) is 10.5 Å². The van der Waals surface area contributed by atoms with E-state index in [0.717, 1.165) is 11.3 Å². The summed E-state index contributed by atoms with van der Waals surface area (Å²) < 4.78 is 5.19. The summed E-state index contributed by atoms with van der Waals surface area (Å²) in [5, 5.41) is 3.35. The van der Waals surface area contributed by atoms with Crippen LogP contribution in [0.25, 0.3) is 0 Å². The second kappa shape index (κ2) is 7.79.